The molecule has 2 heterocycles. The first-order valence-electron chi connectivity index (χ1n) is 8.37. The van der Waals surface area contributed by atoms with E-state index in [1.54, 1.807) is 4.90 Å². The predicted octanol–water partition coefficient (Wildman–Crippen LogP) is 0.518. The maximum atomic E-state index is 12.7. The molecule has 132 valence electrons. The Kier molecular flexibility index (Phi) is 4.03. The molecule has 25 heavy (non-hydrogen) atoms. The summed E-state index contributed by atoms with van der Waals surface area (Å²) in [7, 11) is -3.03. The van der Waals surface area contributed by atoms with Crippen LogP contribution in [-0.4, -0.2) is 63.0 Å². The number of carbonyl (C=O) groups excluding carboxylic acids is 1. The van der Waals surface area contributed by atoms with Crippen LogP contribution in [0.1, 0.15) is 19.3 Å². The number of carbonyl (C=O) groups is 1. The van der Waals surface area contributed by atoms with Crippen LogP contribution in [-0.2, 0) is 21.2 Å². The summed E-state index contributed by atoms with van der Waals surface area (Å²) in [6, 6.07) is 9.37. The van der Waals surface area contributed by atoms with Crippen molar-refractivity contribution in [2.75, 3.05) is 11.5 Å². The quantitative estimate of drug-likeness (QED) is 0.770. The topological polar surface area (TPSA) is 98.1 Å². The SMILES string of the molecule is O=C(Cn1nnc(-c2ccccc2)n1)N(C1CC1)[C@@H]1CCS(=O)(=O)C1. The van der Waals surface area contributed by atoms with Crippen LogP contribution >= 0.6 is 0 Å². The van der Waals surface area contributed by atoms with Gasteiger partial charge in [-0.15, -0.1) is 10.2 Å². The minimum Gasteiger partial charge on any atom is -0.334 e. The Morgan fingerprint density at radius 1 is 1.16 bits per heavy atom. The first-order valence-corrected chi connectivity index (χ1v) is 10.2. The fraction of sp³-hybridized carbons (Fsp3) is 0.500. The highest BCUT2D eigenvalue weighted by Gasteiger charge is 2.42. The molecule has 2 fully saturated rings. The Morgan fingerprint density at radius 3 is 2.56 bits per heavy atom. The molecule has 2 aliphatic rings. The number of rotatable bonds is 5. The maximum absolute atomic E-state index is 12.7. The Labute approximate surface area is 145 Å². The third kappa shape index (κ3) is 3.55. The molecule has 1 atom stereocenters. The normalized spacial score (nSPS) is 22.0. The molecule has 1 saturated carbocycles. The molecule has 1 aliphatic carbocycles. The van der Waals surface area contributed by atoms with Crippen molar-refractivity contribution in [3.8, 4) is 11.4 Å². The summed E-state index contributed by atoms with van der Waals surface area (Å²) in [5.41, 5.74) is 0.835. The van der Waals surface area contributed by atoms with Crippen molar-refractivity contribution in [3.63, 3.8) is 0 Å². The second kappa shape index (κ2) is 6.21. The van der Waals surface area contributed by atoms with Gasteiger partial charge >= 0.3 is 0 Å². The van der Waals surface area contributed by atoms with Crippen molar-refractivity contribution in [2.24, 2.45) is 0 Å². The third-order valence-electron chi connectivity index (χ3n) is 4.59. The first-order chi connectivity index (χ1) is 12.0. The van der Waals surface area contributed by atoms with Gasteiger partial charge in [0.05, 0.1) is 11.5 Å². The molecule has 1 aromatic heterocycles. The molecule has 1 aromatic carbocycles. The number of hydrogen-bond donors (Lipinski definition) is 0. The molecule has 1 saturated heterocycles. The lowest BCUT2D eigenvalue weighted by Gasteiger charge is -2.28. The van der Waals surface area contributed by atoms with Crippen LogP contribution in [0, 0.1) is 0 Å². The second-order valence-corrected chi connectivity index (χ2v) is 8.83. The van der Waals surface area contributed by atoms with E-state index in [0.717, 1.165) is 18.4 Å². The molecule has 0 N–H and O–H groups in total. The predicted molar refractivity (Wildman–Crippen MR) is 90.2 cm³/mol. The van der Waals surface area contributed by atoms with Gasteiger partial charge in [0, 0.05) is 17.6 Å². The summed E-state index contributed by atoms with van der Waals surface area (Å²) >= 11 is 0. The monoisotopic (exact) mass is 361 g/mol. The van der Waals surface area contributed by atoms with E-state index in [2.05, 4.69) is 15.4 Å². The maximum Gasteiger partial charge on any atom is 0.246 e. The highest BCUT2D eigenvalue weighted by molar-refractivity contribution is 7.91. The van der Waals surface area contributed by atoms with Crippen molar-refractivity contribution >= 4 is 15.7 Å². The zero-order valence-corrected chi connectivity index (χ0v) is 14.5. The zero-order chi connectivity index (χ0) is 17.4. The van der Waals surface area contributed by atoms with Crippen LogP contribution in [0.5, 0.6) is 0 Å². The summed E-state index contributed by atoms with van der Waals surface area (Å²) in [5, 5.41) is 12.2. The molecule has 0 unspecified atom stereocenters. The van der Waals surface area contributed by atoms with Gasteiger partial charge in [-0.25, -0.2) is 8.42 Å². The Hall–Kier alpha value is -2.29. The highest BCUT2D eigenvalue weighted by Crippen LogP contribution is 2.32. The second-order valence-electron chi connectivity index (χ2n) is 6.60. The van der Waals surface area contributed by atoms with Gasteiger partial charge in [0.25, 0.3) is 0 Å². The Bertz CT molecular complexity index is 876. The van der Waals surface area contributed by atoms with Gasteiger partial charge in [-0.05, 0) is 24.5 Å². The molecule has 8 nitrogen and oxygen atoms in total. The molecule has 4 rings (SSSR count). The standard InChI is InChI=1S/C16H19N5O3S/c22-15(21(13-6-7-13)14-8-9-25(23,24)11-14)10-20-18-16(17-19-20)12-4-2-1-3-5-12/h1-5,13-14H,6-11H2/t14-/m1/s1. The Morgan fingerprint density at radius 2 is 1.92 bits per heavy atom. The van der Waals surface area contributed by atoms with Crippen LogP contribution in [0.4, 0.5) is 0 Å². The van der Waals surface area contributed by atoms with Gasteiger partial charge in [-0.3, -0.25) is 4.79 Å². The fourth-order valence-corrected chi connectivity index (χ4v) is 4.98. The van der Waals surface area contributed by atoms with Crippen LogP contribution < -0.4 is 0 Å². The van der Waals surface area contributed by atoms with Crippen LogP contribution in [0.15, 0.2) is 30.3 Å². The van der Waals surface area contributed by atoms with Crippen LogP contribution in [0.2, 0.25) is 0 Å². The molecule has 2 aromatic rings. The van der Waals surface area contributed by atoms with Gasteiger partial charge in [0.15, 0.2) is 9.84 Å². The van der Waals surface area contributed by atoms with E-state index < -0.39 is 9.84 Å². The van der Waals surface area contributed by atoms with Gasteiger partial charge in [0.2, 0.25) is 11.7 Å². The molecular weight excluding hydrogens is 342 g/mol. The first kappa shape index (κ1) is 16.2. The van der Waals surface area contributed by atoms with Gasteiger partial charge < -0.3 is 4.90 Å². The van der Waals surface area contributed by atoms with E-state index >= 15 is 0 Å². The minimum absolute atomic E-state index is 0.0210. The smallest absolute Gasteiger partial charge is 0.246 e. The molecule has 9 heteroatoms. The minimum atomic E-state index is -3.03. The lowest BCUT2D eigenvalue weighted by molar-refractivity contribution is -0.134. The Balaban J connectivity index is 1.48. The van der Waals surface area contributed by atoms with E-state index in [0.29, 0.717) is 12.2 Å². The van der Waals surface area contributed by atoms with Crippen molar-refractivity contribution < 1.29 is 13.2 Å². The van der Waals surface area contributed by atoms with Crippen molar-refractivity contribution in [1.29, 1.82) is 0 Å². The number of hydrogen-bond acceptors (Lipinski definition) is 6. The number of sulfone groups is 1. The van der Waals surface area contributed by atoms with E-state index in [1.165, 1.54) is 4.80 Å². The van der Waals surface area contributed by atoms with E-state index in [4.69, 9.17) is 0 Å². The van der Waals surface area contributed by atoms with E-state index in [1.807, 2.05) is 30.3 Å². The van der Waals surface area contributed by atoms with Gasteiger partial charge in [-0.1, -0.05) is 30.3 Å². The number of amides is 1. The summed E-state index contributed by atoms with van der Waals surface area (Å²) < 4.78 is 23.5. The summed E-state index contributed by atoms with van der Waals surface area (Å²) in [6.45, 7) is -0.0210. The van der Waals surface area contributed by atoms with Crippen LogP contribution in [0.3, 0.4) is 0 Å². The molecular formula is C16H19N5O3S. The van der Waals surface area contributed by atoms with Crippen LogP contribution in [0.25, 0.3) is 11.4 Å². The number of nitrogens with zero attached hydrogens (tertiary/aromatic N) is 5. The summed E-state index contributed by atoms with van der Waals surface area (Å²) in [4.78, 5) is 15.8. The largest absolute Gasteiger partial charge is 0.334 e. The molecule has 0 radical (unpaired) electrons. The third-order valence-corrected chi connectivity index (χ3v) is 6.34. The van der Waals surface area contributed by atoms with Crippen molar-refractivity contribution in [3.05, 3.63) is 30.3 Å². The summed E-state index contributed by atoms with van der Waals surface area (Å²) in [5.74, 6) is 0.555. The lowest BCUT2D eigenvalue weighted by atomic mass is 10.2. The summed E-state index contributed by atoms with van der Waals surface area (Å²) in [6.07, 6.45) is 2.38. The molecule has 1 aliphatic heterocycles. The number of tetrazole rings is 1. The molecule has 1 amide bonds. The molecule has 0 spiro atoms. The lowest BCUT2D eigenvalue weighted by Crippen LogP contribution is -2.44. The van der Waals surface area contributed by atoms with Crippen molar-refractivity contribution in [2.45, 2.75) is 37.9 Å². The van der Waals surface area contributed by atoms with Gasteiger partial charge in [-0.2, -0.15) is 4.80 Å². The average Bonchev–Trinajstić information content (AvgIpc) is 3.19. The fourth-order valence-electron chi connectivity index (χ4n) is 3.27. The number of aromatic nitrogens is 4. The number of benzene rings is 1. The van der Waals surface area contributed by atoms with Crippen molar-refractivity contribution in [1.82, 2.24) is 25.1 Å². The zero-order valence-electron chi connectivity index (χ0n) is 13.7. The van der Waals surface area contributed by atoms with Gasteiger partial charge in [0.1, 0.15) is 6.54 Å². The van der Waals surface area contributed by atoms with E-state index in [-0.39, 0.29) is 36.0 Å². The highest BCUT2D eigenvalue weighted by atomic mass is 32.2. The van der Waals surface area contributed by atoms with E-state index in [9.17, 15) is 13.2 Å². The average molecular weight is 361 g/mol. The molecule has 0 bridgehead atoms.